The van der Waals surface area contributed by atoms with E-state index >= 15 is 0 Å². The molecule has 0 spiro atoms. The summed E-state index contributed by atoms with van der Waals surface area (Å²) in [5.41, 5.74) is 1.37. The lowest BCUT2D eigenvalue weighted by atomic mass is 10.0. The highest BCUT2D eigenvalue weighted by Gasteiger charge is 2.12. The van der Waals surface area contributed by atoms with Crippen LogP contribution in [0.5, 0.6) is 0 Å². The van der Waals surface area contributed by atoms with Gasteiger partial charge in [0.1, 0.15) is 12.2 Å². The molecule has 0 aliphatic heterocycles. The highest BCUT2D eigenvalue weighted by molar-refractivity contribution is 5.18. The zero-order valence-electron chi connectivity index (χ0n) is 13.3. The lowest BCUT2D eigenvalue weighted by Crippen LogP contribution is -2.21. The summed E-state index contributed by atoms with van der Waals surface area (Å²) in [6.45, 7) is 7.43. The molecular formula is C17H26N4. The van der Waals surface area contributed by atoms with Gasteiger partial charge in [0.2, 0.25) is 0 Å². The van der Waals surface area contributed by atoms with Gasteiger partial charge in [0, 0.05) is 18.5 Å². The Labute approximate surface area is 127 Å². The first-order chi connectivity index (χ1) is 10.2. The van der Waals surface area contributed by atoms with Crippen molar-refractivity contribution in [3.8, 4) is 0 Å². The van der Waals surface area contributed by atoms with E-state index in [-0.39, 0.29) is 0 Å². The summed E-state index contributed by atoms with van der Waals surface area (Å²) in [7, 11) is 0. The van der Waals surface area contributed by atoms with Crippen molar-refractivity contribution < 1.29 is 0 Å². The monoisotopic (exact) mass is 286 g/mol. The van der Waals surface area contributed by atoms with Crippen LogP contribution in [0.15, 0.2) is 36.7 Å². The van der Waals surface area contributed by atoms with E-state index in [9.17, 15) is 0 Å². The number of aryl methyl sites for hydroxylation is 1. The fraction of sp³-hybridized carbons (Fsp3) is 0.529. The average Bonchev–Trinajstić information content (AvgIpc) is 2.96. The summed E-state index contributed by atoms with van der Waals surface area (Å²) in [6.07, 6.45) is 4.86. The molecule has 0 bridgehead atoms. The maximum absolute atomic E-state index is 4.38. The molecule has 0 saturated heterocycles. The summed E-state index contributed by atoms with van der Waals surface area (Å²) in [5.74, 6) is 1.09. The van der Waals surface area contributed by atoms with Crippen molar-refractivity contribution in [2.24, 2.45) is 0 Å². The number of hydrogen-bond acceptors (Lipinski definition) is 3. The minimum absolute atomic E-state index is 0.376. The second kappa shape index (κ2) is 7.93. The Hall–Kier alpha value is -1.68. The molecule has 0 aliphatic carbocycles. The Balaban J connectivity index is 1.92. The molecule has 4 nitrogen and oxygen atoms in total. The lowest BCUT2D eigenvalue weighted by Gasteiger charge is -2.18. The van der Waals surface area contributed by atoms with E-state index in [1.807, 2.05) is 4.68 Å². The average molecular weight is 286 g/mol. The summed E-state index contributed by atoms with van der Waals surface area (Å²) < 4.78 is 2.02. The van der Waals surface area contributed by atoms with Crippen LogP contribution in [0.1, 0.15) is 57.1 Å². The third kappa shape index (κ3) is 4.39. The Morgan fingerprint density at radius 2 is 1.95 bits per heavy atom. The molecule has 1 aromatic carbocycles. The van der Waals surface area contributed by atoms with E-state index in [1.54, 1.807) is 6.33 Å². The van der Waals surface area contributed by atoms with Crippen molar-refractivity contribution in [1.82, 2.24) is 20.1 Å². The molecule has 0 radical (unpaired) electrons. The second-order valence-corrected chi connectivity index (χ2v) is 5.63. The zero-order chi connectivity index (χ0) is 15.1. The number of aromatic nitrogens is 3. The van der Waals surface area contributed by atoms with Gasteiger partial charge in [0.25, 0.3) is 0 Å². The number of rotatable bonds is 8. The third-order valence-electron chi connectivity index (χ3n) is 3.68. The Bertz CT molecular complexity index is 519. The van der Waals surface area contributed by atoms with Gasteiger partial charge in [-0.2, -0.15) is 5.10 Å². The van der Waals surface area contributed by atoms with Gasteiger partial charge < -0.3 is 5.32 Å². The van der Waals surface area contributed by atoms with Crippen molar-refractivity contribution >= 4 is 0 Å². The van der Waals surface area contributed by atoms with E-state index in [4.69, 9.17) is 0 Å². The van der Waals surface area contributed by atoms with Crippen molar-refractivity contribution in [1.29, 1.82) is 0 Å². The normalized spacial score (nSPS) is 12.8. The van der Waals surface area contributed by atoms with Crippen LogP contribution in [0.2, 0.25) is 0 Å². The van der Waals surface area contributed by atoms with Crippen LogP contribution in [0.25, 0.3) is 0 Å². The smallest absolute Gasteiger partial charge is 0.138 e. The molecule has 4 heteroatoms. The Kier molecular flexibility index (Phi) is 5.93. The molecule has 1 aromatic heterocycles. The van der Waals surface area contributed by atoms with Crippen LogP contribution < -0.4 is 5.32 Å². The van der Waals surface area contributed by atoms with E-state index in [1.165, 1.54) is 5.56 Å². The molecule has 1 N–H and O–H groups in total. The molecule has 0 saturated carbocycles. The summed E-state index contributed by atoms with van der Waals surface area (Å²) in [5, 5.41) is 7.87. The topological polar surface area (TPSA) is 42.7 Å². The van der Waals surface area contributed by atoms with E-state index in [2.05, 4.69) is 66.5 Å². The van der Waals surface area contributed by atoms with Crippen molar-refractivity contribution in [2.75, 3.05) is 6.54 Å². The molecule has 1 atom stereocenters. The molecule has 0 aliphatic rings. The lowest BCUT2D eigenvalue weighted by molar-refractivity contribution is 0.470. The summed E-state index contributed by atoms with van der Waals surface area (Å²) >= 11 is 0. The molecule has 2 rings (SSSR count). The molecule has 1 heterocycles. The predicted octanol–water partition coefficient (Wildman–Crippen LogP) is 3.53. The first-order valence-electron chi connectivity index (χ1n) is 7.89. The van der Waals surface area contributed by atoms with Gasteiger partial charge in [-0.25, -0.2) is 9.67 Å². The predicted molar refractivity (Wildman–Crippen MR) is 86.2 cm³/mol. The number of nitrogens with zero attached hydrogens (tertiary/aromatic N) is 3. The van der Waals surface area contributed by atoms with Crippen LogP contribution in [0, 0.1) is 0 Å². The van der Waals surface area contributed by atoms with E-state index in [0.717, 1.165) is 31.6 Å². The summed E-state index contributed by atoms with van der Waals surface area (Å²) in [6, 6.07) is 11.5. The largest absolute Gasteiger partial charge is 0.310 e. The van der Waals surface area contributed by atoms with Gasteiger partial charge in [-0.05, 0) is 38.8 Å². The molecule has 2 aromatic rings. The quantitative estimate of drug-likeness (QED) is 0.807. The summed E-state index contributed by atoms with van der Waals surface area (Å²) in [4.78, 5) is 4.38. The number of hydrogen-bond donors (Lipinski definition) is 1. The molecule has 0 amide bonds. The Morgan fingerprint density at radius 3 is 2.62 bits per heavy atom. The van der Waals surface area contributed by atoms with Crippen LogP contribution in [-0.2, 0) is 6.42 Å². The minimum atomic E-state index is 0.376. The highest BCUT2D eigenvalue weighted by Crippen LogP contribution is 2.19. The van der Waals surface area contributed by atoms with Gasteiger partial charge in [0.05, 0.1) is 0 Å². The number of nitrogens with one attached hydrogen (secondary N) is 1. The molecule has 21 heavy (non-hydrogen) atoms. The van der Waals surface area contributed by atoms with Crippen molar-refractivity contribution in [3.05, 3.63) is 48.0 Å². The van der Waals surface area contributed by atoms with Gasteiger partial charge >= 0.3 is 0 Å². The number of benzene rings is 1. The molecule has 1 unspecified atom stereocenters. The van der Waals surface area contributed by atoms with Crippen molar-refractivity contribution in [3.63, 3.8) is 0 Å². The molecule has 0 fully saturated rings. The Morgan fingerprint density at radius 1 is 1.19 bits per heavy atom. The van der Waals surface area contributed by atoms with Crippen LogP contribution in [0.3, 0.4) is 0 Å². The van der Waals surface area contributed by atoms with Gasteiger partial charge in [-0.3, -0.25) is 0 Å². The van der Waals surface area contributed by atoms with Crippen LogP contribution >= 0.6 is 0 Å². The minimum Gasteiger partial charge on any atom is -0.310 e. The fourth-order valence-corrected chi connectivity index (χ4v) is 2.67. The van der Waals surface area contributed by atoms with Gasteiger partial charge in [-0.1, -0.05) is 37.3 Å². The standard InChI is InChI=1S/C17H26N4/c1-4-18-16(15-9-6-5-7-10-15)11-8-12-17-19-13-20-21(17)14(2)3/h5-7,9-10,13-14,16,18H,4,8,11-12H2,1-3H3. The zero-order valence-corrected chi connectivity index (χ0v) is 13.3. The second-order valence-electron chi connectivity index (χ2n) is 5.63. The highest BCUT2D eigenvalue weighted by atomic mass is 15.3. The van der Waals surface area contributed by atoms with Crippen molar-refractivity contribution in [2.45, 2.75) is 52.1 Å². The van der Waals surface area contributed by atoms with Gasteiger partial charge in [0.15, 0.2) is 0 Å². The fourth-order valence-electron chi connectivity index (χ4n) is 2.67. The van der Waals surface area contributed by atoms with Crippen LogP contribution in [-0.4, -0.2) is 21.3 Å². The SMILES string of the molecule is CCNC(CCCc1ncnn1C(C)C)c1ccccc1. The third-order valence-corrected chi connectivity index (χ3v) is 3.68. The van der Waals surface area contributed by atoms with E-state index in [0.29, 0.717) is 12.1 Å². The van der Waals surface area contributed by atoms with Crippen LogP contribution in [0.4, 0.5) is 0 Å². The first-order valence-corrected chi connectivity index (χ1v) is 7.89. The maximum atomic E-state index is 4.38. The molecule has 114 valence electrons. The molecular weight excluding hydrogens is 260 g/mol. The van der Waals surface area contributed by atoms with E-state index < -0.39 is 0 Å². The van der Waals surface area contributed by atoms with Gasteiger partial charge in [-0.15, -0.1) is 0 Å². The first kappa shape index (κ1) is 15.7. The maximum Gasteiger partial charge on any atom is 0.138 e.